The van der Waals surface area contributed by atoms with E-state index < -0.39 is 42.7 Å². The van der Waals surface area contributed by atoms with E-state index in [2.05, 4.69) is 5.32 Å². The highest BCUT2D eigenvalue weighted by Crippen LogP contribution is 2.06. The van der Waals surface area contributed by atoms with Gasteiger partial charge in [-0.15, -0.1) is 0 Å². The molecule has 0 saturated carbocycles. The Kier molecular flexibility index (Phi) is 10.0. The van der Waals surface area contributed by atoms with Crippen LogP contribution in [0, 0.1) is 0 Å². The molecule has 0 spiro atoms. The average molecular weight is 308 g/mol. The number of aliphatic hydroxyl groups excluding tert-OH is 5. The van der Waals surface area contributed by atoms with Crippen molar-refractivity contribution in [3.63, 3.8) is 0 Å². The highest BCUT2D eigenvalue weighted by molar-refractivity contribution is 5.85. The van der Waals surface area contributed by atoms with E-state index in [-0.39, 0.29) is 6.54 Å². The maximum absolute atomic E-state index is 11.5. The lowest BCUT2D eigenvalue weighted by Crippen LogP contribution is -2.53. The molecule has 0 radical (unpaired) electrons. The molecule has 0 aliphatic carbocycles. The topological polar surface area (TPSA) is 173 Å². The van der Waals surface area contributed by atoms with Gasteiger partial charge in [0.15, 0.2) is 11.9 Å². The van der Waals surface area contributed by atoms with Crippen molar-refractivity contribution in [1.82, 2.24) is 5.32 Å². The first-order valence-corrected chi connectivity index (χ1v) is 6.70. The van der Waals surface area contributed by atoms with Gasteiger partial charge < -0.3 is 36.6 Å². The number of rotatable bonds is 11. The molecule has 0 aromatic rings. The lowest BCUT2D eigenvalue weighted by Gasteiger charge is -2.24. The minimum atomic E-state index is -2.09. The SMILES string of the molecule is NCCCCCNC(=O)[C@@H](O)[C@H](O)[C@H](O)[C@@H](O)C(=O)CO. The van der Waals surface area contributed by atoms with Crippen molar-refractivity contribution in [3.8, 4) is 0 Å². The number of amides is 1. The Morgan fingerprint density at radius 3 is 2.05 bits per heavy atom. The van der Waals surface area contributed by atoms with Crippen LogP contribution in [0.5, 0.6) is 0 Å². The van der Waals surface area contributed by atoms with E-state index >= 15 is 0 Å². The van der Waals surface area contributed by atoms with Gasteiger partial charge in [-0.1, -0.05) is 6.42 Å². The summed E-state index contributed by atoms with van der Waals surface area (Å²) in [6.45, 7) is -0.233. The standard InChI is InChI=1S/C12H24N2O7/c13-4-2-1-3-5-14-12(21)11(20)10(19)9(18)8(17)7(16)6-15/h8-11,15,17-20H,1-6,13H2,(H,14,21)/t8-,9+,10+,11-/m0/s1. The van der Waals surface area contributed by atoms with Crippen LogP contribution in [0.25, 0.3) is 0 Å². The molecule has 0 bridgehead atoms. The minimum absolute atomic E-state index is 0.261. The molecule has 0 aromatic carbocycles. The number of carbonyl (C=O) groups excluding carboxylic acids is 2. The Morgan fingerprint density at radius 2 is 1.52 bits per heavy atom. The number of ketones is 1. The van der Waals surface area contributed by atoms with E-state index in [9.17, 15) is 30.0 Å². The van der Waals surface area contributed by atoms with Gasteiger partial charge in [-0.25, -0.2) is 0 Å². The summed E-state index contributed by atoms with van der Waals surface area (Å²) >= 11 is 0. The zero-order valence-corrected chi connectivity index (χ0v) is 11.7. The molecular formula is C12H24N2O7. The fourth-order valence-corrected chi connectivity index (χ4v) is 1.57. The van der Waals surface area contributed by atoms with Gasteiger partial charge in [0.1, 0.15) is 24.9 Å². The van der Waals surface area contributed by atoms with Crippen molar-refractivity contribution in [2.45, 2.75) is 43.7 Å². The van der Waals surface area contributed by atoms with Crippen molar-refractivity contribution in [2.75, 3.05) is 19.7 Å². The van der Waals surface area contributed by atoms with Crippen LogP contribution < -0.4 is 11.1 Å². The van der Waals surface area contributed by atoms with Gasteiger partial charge >= 0.3 is 0 Å². The molecule has 124 valence electrons. The van der Waals surface area contributed by atoms with Gasteiger partial charge in [0, 0.05) is 6.54 Å². The van der Waals surface area contributed by atoms with Crippen LogP contribution in [-0.4, -0.2) is 81.3 Å². The molecule has 0 unspecified atom stereocenters. The summed E-state index contributed by atoms with van der Waals surface area (Å²) in [5, 5.41) is 48.7. The lowest BCUT2D eigenvalue weighted by atomic mass is 10.00. The van der Waals surface area contributed by atoms with Crippen LogP contribution >= 0.6 is 0 Å². The van der Waals surface area contributed by atoms with Crippen LogP contribution in [0.2, 0.25) is 0 Å². The number of Topliss-reactive ketones (excluding diaryl/α,β-unsaturated/α-hetero) is 1. The van der Waals surface area contributed by atoms with Gasteiger partial charge in [0.25, 0.3) is 5.91 Å². The third-order valence-corrected chi connectivity index (χ3v) is 2.93. The molecule has 0 aliphatic heterocycles. The summed E-state index contributed by atoms with van der Waals surface area (Å²) in [5.74, 6) is -2.06. The van der Waals surface area contributed by atoms with Crippen molar-refractivity contribution in [1.29, 1.82) is 0 Å². The molecule has 0 heterocycles. The monoisotopic (exact) mass is 308 g/mol. The lowest BCUT2D eigenvalue weighted by molar-refractivity contribution is -0.155. The van der Waals surface area contributed by atoms with Crippen LogP contribution in [0.15, 0.2) is 0 Å². The fraction of sp³-hybridized carbons (Fsp3) is 0.833. The summed E-state index contributed by atoms with van der Waals surface area (Å²) in [4.78, 5) is 22.5. The van der Waals surface area contributed by atoms with E-state index in [0.717, 1.165) is 12.8 Å². The van der Waals surface area contributed by atoms with Crippen molar-refractivity contribution in [3.05, 3.63) is 0 Å². The predicted molar refractivity (Wildman–Crippen MR) is 72.0 cm³/mol. The van der Waals surface area contributed by atoms with Crippen LogP contribution in [-0.2, 0) is 9.59 Å². The second-order valence-electron chi connectivity index (χ2n) is 4.64. The number of unbranched alkanes of at least 4 members (excludes halogenated alkanes) is 2. The number of aliphatic hydroxyl groups is 5. The Balaban J connectivity index is 4.25. The molecule has 9 nitrogen and oxygen atoms in total. The Bertz CT molecular complexity index is 327. The van der Waals surface area contributed by atoms with Crippen molar-refractivity contribution in [2.24, 2.45) is 5.73 Å². The number of hydrogen-bond donors (Lipinski definition) is 7. The van der Waals surface area contributed by atoms with Crippen molar-refractivity contribution < 1.29 is 35.1 Å². The maximum atomic E-state index is 11.5. The minimum Gasteiger partial charge on any atom is -0.388 e. The van der Waals surface area contributed by atoms with Gasteiger partial charge in [0.05, 0.1) is 0 Å². The molecule has 0 rings (SSSR count). The van der Waals surface area contributed by atoms with E-state index in [1.165, 1.54) is 0 Å². The molecule has 21 heavy (non-hydrogen) atoms. The zero-order chi connectivity index (χ0) is 16.4. The van der Waals surface area contributed by atoms with Crippen LogP contribution in [0.4, 0.5) is 0 Å². The average Bonchev–Trinajstić information content (AvgIpc) is 2.50. The summed E-state index contributed by atoms with van der Waals surface area (Å²) in [5.41, 5.74) is 5.30. The molecule has 0 aromatic heterocycles. The first kappa shape index (κ1) is 19.9. The Hall–Kier alpha value is -1.10. The molecule has 4 atom stereocenters. The number of carbonyl (C=O) groups is 2. The van der Waals surface area contributed by atoms with Gasteiger partial charge in [-0.05, 0) is 19.4 Å². The second kappa shape index (κ2) is 10.6. The zero-order valence-electron chi connectivity index (χ0n) is 11.7. The molecule has 0 fully saturated rings. The number of nitrogens with one attached hydrogen (secondary N) is 1. The molecule has 1 amide bonds. The van der Waals surface area contributed by atoms with E-state index in [0.29, 0.717) is 13.0 Å². The van der Waals surface area contributed by atoms with E-state index in [4.69, 9.17) is 10.8 Å². The predicted octanol–water partition coefficient (Wildman–Crippen LogP) is -3.76. The second-order valence-corrected chi connectivity index (χ2v) is 4.64. The third kappa shape index (κ3) is 6.93. The fourth-order valence-electron chi connectivity index (χ4n) is 1.57. The quantitative estimate of drug-likeness (QED) is 0.190. The van der Waals surface area contributed by atoms with Gasteiger partial charge in [0.2, 0.25) is 0 Å². The molecule has 0 saturated heterocycles. The summed E-state index contributed by atoms with van der Waals surface area (Å²) in [6, 6.07) is 0. The summed E-state index contributed by atoms with van der Waals surface area (Å²) in [6.07, 6.45) is -5.99. The van der Waals surface area contributed by atoms with Crippen molar-refractivity contribution >= 4 is 11.7 Å². The maximum Gasteiger partial charge on any atom is 0.251 e. The van der Waals surface area contributed by atoms with Gasteiger partial charge in [-0.3, -0.25) is 9.59 Å². The third-order valence-electron chi connectivity index (χ3n) is 2.93. The van der Waals surface area contributed by atoms with E-state index in [1.54, 1.807) is 0 Å². The van der Waals surface area contributed by atoms with Crippen LogP contribution in [0.1, 0.15) is 19.3 Å². The molecule has 8 N–H and O–H groups in total. The number of nitrogens with two attached hydrogens (primary N) is 1. The molecule has 9 heteroatoms. The largest absolute Gasteiger partial charge is 0.388 e. The highest BCUT2D eigenvalue weighted by atomic mass is 16.4. The highest BCUT2D eigenvalue weighted by Gasteiger charge is 2.36. The smallest absolute Gasteiger partial charge is 0.251 e. The first-order valence-electron chi connectivity index (χ1n) is 6.70. The summed E-state index contributed by atoms with van der Waals surface area (Å²) < 4.78 is 0. The van der Waals surface area contributed by atoms with Crippen LogP contribution in [0.3, 0.4) is 0 Å². The molecule has 0 aliphatic rings. The molecular weight excluding hydrogens is 284 g/mol. The van der Waals surface area contributed by atoms with E-state index in [1.807, 2.05) is 0 Å². The summed E-state index contributed by atoms with van der Waals surface area (Å²) in [7, 11) is 0. The Morgan fingerprint density at radius 1 is 0.952 bits per heavy atom. The number of hydrogen-bond acceptors (Lipinski definition) is 8. The first-order chi connectivity index (χ1) is 9.86. The Labute approximate surface area is 122 Å². The normalized spacial score (nSPS) is 16.9. The van der Waals surface area contributed by atoms with Gasteiger partial charge in [-0.2, -0.15) is 0 Å².